The van der Waals surface area contributed by atoms with Gasteiger partial charge in [0.25, 0.3) is 0 Å². The smallest absolute Gasteiger partial charge is 0.199 e. The van der Waals surface area contributed by atoms with Gasteiger partial charge >= 0.3 is 0 Å². The molecule has 2 aromatic carbocycles. The van der Waals surface area contributed by atoms with E-state index in [1.165, 1.54) is 7.11 Å². The summed E-state index contributed by atoms with van der Waals surface area (Å²) in [6.07, 6.45) is 0.331. The van der Waals surface area contributed by atoms with Crippen molar-refractivity contribution in [2.24, 2.45) is 0 Å². The summed E-state index contributed by atoms with van der Waals surface area (Å²) in [5.74, 6) is 0.874. The summed E-state index contributed by atoms with van der Waals surface area (Å²) in [4.78, 5) is 13.0. The molecule has 0 fully saturated rings. The van der Waals surface area contributed by atoms with Gasteiger partial charge in [-0.15, -0.1) is 0 Å². The van der Waals surface area contributed by atoms with E-state index in [0.717, 1.165) is 5.56 Å². The summed E-state index contributed by atoms with van der Waals surface area (Å²) < 4.78 is 22.5. The molecule has 0 spiro atoms. The molecule has 0 radical (unpaired) electrons. The van der Waals surface area contributed by atoms with E-state index < -0.39 is 12.2 Å². The Morgan fingerprint density at radius 2 is 1.88 bits per heavy atom. The molecule has 2 heterocycles. The Bertz CT molecular complexity index is 897. The van der Waals surface area contributed by atoms with E-state index >= 15 is 0 Å². The fourth-order valence-electron chi connectivity index (χ4n) is 3.14. The summed E-state index contributed by atoms with van der Waals surface area (Å²) in [5, 5.41) is 0.716. The number of furan rings is 1. The molecular weight excluding hydrogens is 308 g/mol. The molecule has 5 nitrogen and oxygen atoms in total. The zero-order valence-corrected chi connectivity index (χ0v) is 13.3. The highest BCUT2D eigenvalue weighted by Crippen LogP contribution is 2.44. The monoisotopic (exact) mass is 324 g/mol. The Morgan fingerprint density at radius 1 is 1.08 bits per heavy atom. The van der Waals surface area contributed by atoms with Gasteiger partial charge in [-0.2, -0.15) is 0 Å². The number of rotatable bonds is 3. The van der Waals surface area contributed by atoms with Crippen molar-refractivity contribution in [3.8, 4) is 11.5 Å². The van der Waals surface area contributed by atoms with Gasteiger partial charge in [-0.05, 0) is 17.7 Å². The van der Waals surface area contributed by atoms with Gasteiger partial charge in [0.15, 0.2) is 29.3 Å². The lowest BCUT2D eigenvalue weighted by atomic mass is 9.92. The van der Waals surface area contributed by atoms with Gasteiger partial charge in [-0.25, -0.2) is 0 Å². The Labute approximate surface area is 138 Å². The first-order valence-corrected chi connectivity index (χ1v) is 7.61. The molecule has 2 atom stereocenters. The van der Waals surface area contributed by atoms with E-state index in [0.29, 0.717) is 28.0 Å². The molecule has 5 heteroatoms. The molecule has 1 aliphatic heterocycles. The highest BCUT2D eigenvalue weighted by molar-refractivity contribution is 6.09. The number of benzene rings is 2. The Kier molecular flexibility index (Phi) is 3.50. The largest absolute Gasteiger partial charge is 0.493 e. The van der Waals surface area contributed by atoms with Crippen LogP contribution in [0.5, 0.6) is 11.5 Å². The minimum Gasteiger partial charge on any atom is -0.493 e. The molecule has 0 aliphatic carbocycles. The normalized spacial score (nSPS) is 19.8. The van der Waals surface area contributed by atoms with Crippen LogP contribution >= 0.6 is 0 Å². The number of carbonyl (C=O) groups excluding carboxylic acids is 1. The number of Topliss-reactive ketones (excluding diaryl/α,β-unsaturated/α-hetero) is 1. The maximum atomic E-state index is 13.0. The van der Waals surface area contributed by atoms with Crippen LogP contribution in [-0.2, 0) is 4.74 Å². The highest BCUT2D eigenvalue weighted by atomic mass is 16.5. The van der Waals surface area contributed by atoms with Crippen molar-refractivity contribution in [2.45, 2.75) is 12.2 Å². The third-order valence-corrected chi connectivity index (χ3v) is 4.30. The average Bonchev–Trinajstić information content (AvgIpc) is 3.12. The maximum absolute atomic E-state index is 13.0. The molecule has 0 saturated heterocycles. The number of fused-ring (bicyclic) bond motifs is 3. The van der Waals surface area contributed by atoms with Crippen molar-refractivity contribution in [1.29, 1.82) is 0 Å². The van der Waals surface area contributed by atoms with Crippen molar-refractivity contribution in [1.82, 2.24) is 0 Å². The summed E-state index contributed by atoms with van der Waals surface area (Å²) in [6.45, 7) is 0. The quantitative estimate of drug-likeness (QED) is 0.734. The van der Waals surface area contributed by atoms with Crippen LogP contribution in [0.1, 0.15) is 22.0 Å². The molecule has 4 rings (SSSR count). The van der Waals surface area contributed by atoms with Gasteiger partial charge in [-0.3, -0.25) is 4.79 Å². The predicted octanol–water partition coefficient (Wildman–Crippen LogP) is 3.77. The Morgan fingerprint density at radius 3 is 2.58 bits per heavy atom. The van der Waals surface area contributed by atoms with E-state index in [9.17, 15) is 4.79 Å². The van der Waals surface area contributed by atoms with E-state index in [4.69, 9.17) is 18.6 Å². The molecule has 0 N–H and O–H groups in total. The first kappa shape index (κ1) is 14.8. The second-order valence-electron chi connectivity index (χ2n) is 5.59. The van der Waals surface area contributed by atoms with Gasteiger partial charge in [0, 0.05) is 7.11 Å². The van der Waals surface area contributed by atoms with Gasteiger partial charge in [0.2, 0.25) is 0 Å². The Balaban J connectivity index is 1.92. The minimum atomic E-state index is -0.714. The van der Waals surface area contributed by atoms with E-state index in [1.54, 1.807) is 25.5 Å². The molecule has 2 unspecified atom stereocenters. The molecule has 1 aromatic heterocycles. The van der Waals surface area contributed by atoms with Crippen LogP contribution in [0, 0.1) is 0 Å². The SMILES string of the molecule is COc1cc2c(c3ccoc13)OC(c1ccccc1)C(OC)C2=O. The standard InChI is InChI=1S/C19H16O5/c1-21-14-10-13-15(20)19(22-2)16(11-6-4-3-5-7-11)24-17(13)12-8-9-23-18(12)14/h3-10,16,19H,1-2H3. The van der Waals surface area contributed by atoms with Crippen LogP contribution in [0.15, 0.2) is 53.1 Å². The minimum absolute atomic E-state index is 0.131. The topological polar surface area (TPSA) is 57.9 Å². The molecule has 0 saturated carbocycles. The molecule has 122 valence electrons. The molecule has 0 amide bonds. The zero-order chi connectivity index (χ0) is 16.7. The zero-order valence-electron chi connectivity index (χ0n) is 13.3. The maximum Gasteiger partial charge on any atom is 0.199 e. The molecule has 0 bridgehead atoms. The second-order valence-corrected chi connectivity index (χ2v) is 5.59. The van der Waals surface area contributed by atoms with Crippen LogP contribution in [0.4, 0.5) is 0 Å². The Hall–Kier alpha value is -2.79. The summed E-state index contributed by atoms with van der Waals surface area (Å²) in [7, 11) is 3.05. The van der Waals surface area contributed by atoms with Crippen molar-refractivity contribution in [2.75, 3.05) is 14.2 Å². The van der Waals surface area contributed by atoms with Crippen LogP contribution in [0.2, 0.25) is 0 Å². The van der Waals surface area contributed by atoms with Gasteiger partial charge in [0.1, 0.15) is 5.75 Å². The van der Waals surface area contributed by atoms with Gasteiger partial charge in [-0.1, -0.05) is 30.3 Å². The molecular formula is C19H16O5. The number of carbonyl (C=O) groups is 1. The van der Waals surface area contributed by atoms with E-state index in [2.05, 4.69) is 0 Å². The lowest BCUT2D eigenvalue weighted by molar-refractivity contribution is 0.0000193. The third-order valence-electron chi connectivity index (χ3n) is 4.30. The third kappa shape index (κ3) is 2.09. The lowest BCUT2D eigenvalue weighted by Crippen LogP contribution is -2.37. The van der Waals surface area contributed by atoms with Gasteiger partial charge < -0.3 is 18.6 Å². The van der Waals surface area contributed by atoms with Crippen LogP contribution in [-0.4, -0.2) is 26.1 Å². The van der Waals surface area contributed by atoms with Crippen molar-refractivity contribution < 1.29 is 23.4 Å². The van der Waals surface area contributed by atoms with E-state index in [-0.39, 0.29) is 5.78 Å². The number of hydrogen-bond donors (Lipinski definition) is 0. The van der Waals surface area contributed by atoms with E-state index in [1.807, 2.05) is 30.3 Å². The van der Waals surface area contributed by atoms with Crippen LogP contribution in [0.3, 0.4) is 0 Å². The fraction of sp³-hybridized carbons (Fsp3) is 0.211. The van der Waals surface area contributed by atoms with Crippen LogP contribution < -0.4 is 9.47 Å². The molecule has 1 aliphatic rings. The first-order chi connectivity index (χ1) is 11.7. The molecule has 24 heavy (non-hydrogen) atoms. The highest BCUT2D eigenvalue weighted by Gasteiger charge is 2.40. The summed E-state index contributed by atoms with van der Waals surface area (Å²) in [6, 6.07) is 13.0. The summed E-state index contributed by atoms with van der Waals surface area (Å²) >= 11 is 0. The summed E-state index contributed by atoms with van der Waals surface area (Å²) in [5.41, 5.74) is 1.89. The van der Waals surface area contributed by atoms with Gasteiger partial charge in [0.05, 0.1) is 24.3 Å². The fourth-order valence-corrected chi connectivity index (χ4v) is 3.14. The average molecular weight is 324 g/mol. The number of hydrogen-bond acceptors (Lipinski definition) is 5. The van der Waals surface area contributed by atoms with Crippen LogP contribution in [0.25, 0.3) is 11.0 Å². The first-order valence-electron chi connectivity index (χ1n) is 7.61. The predicted molar refractivity (Wildman–Crippen MR) is 87.7 cm³/mol. The van der Waals surface area contributed by atoms with Crippen molar-refractivity contribution in [3.05, 3.63) is 59.9 Å². The number of ether oxygens (including phenoxy) is 3. The van der Waals surface area contributed by atoms with Crippen molar-refractivity contribution in [3.63, 3.8) is 0 Å². The lowest BCUT2D eigenvalue weighted by Gasteiger charge is -2.32. The number of ketones is 1. The second kappa shape index (κ2) is 5.69. The number of methoxy groups -OCH3 is 2. The molecule has 3 aromatic rings. The van der Waals surface area contributed by atoms with Crippen molar-refractivity contribution >= 4 is 16.8 Å².